The van der Waals surface area contributed by atoms with Crippen LogP contribution in [0.1, 0.15) is 20.8 Å². The van der Waals surface area contributed by atoms with Gasteiger partial charge in [0.1, 0.15) is 0 Å². The number of aromatic nitrogens is 3. The van der Waals surface area contributed by atoms with Crippen LogP contribution in [-0.4, -0.2) is 20.3 Å². The summed E-state index contributed by atoms with van der Waals surface area (Å²) >= 11 is 11.9. The Morgan fingerprint density at radius 2 is 1.89 bits per heavy atom. The lowest BCUT2D eigenvalue weighted by molar-refractivity contribution is 0.625. The highest BCUT2D eigenvalue weighted by molar-refractivity contribution is 6.42. The van der Waals surface area contributed by atoms with E-state index in [9.17, 15) is 0 Å². The van der Waals surface area contributed by atoms with Gasteiger partial charge in [-0.1, -0.05) is 23.2 Å². The smallest absolute Gasteiger partial charge is 0.244 e. The Balaban J connectivity index is 2.37. The highest BCUT2D eigenvalue weighted by Gasteiger charge is 2.15. The minimum absolute atomic E-state index is 0.143. The third-order valence-corrected chi connectivity index (χ3v) is 3.01. The van der Waals surface area contributed by atoms with Crippen LogP contribution in [0.15, 0.2) is 18.2 Å². The standard InChI is InChI=1S/C12H15Cl2N5/c1-12(2,3)17-11-16-10(15)19(18-11)7-4-5-8(13)9(14)6-7/h4-6H,1-3H3,(H3,15,16,17,18). The molecule has 0 aliphatic carbocycles. The molecule has 7 heteroatoms. The van der Waals surface area contributed by atoms with Gasteiger partial charge in [-0.05, 0) is 39.0 Å². The third kappa shape index (κ3) is 3.30. The highest BCUT2D eigenvalue weighted by Crippen LogP contribution is 2.25. The maximum absolute atomic E-state index is 5.98. The number of nitrogens with zero attached hydrogens (tertiary/aromatic N) is 3. The highest BCUT2D eigenvalue weighted by atomic mass is 35.5. The Morgan fingerprint density at radius 3 is 2.47 bits per heavy atom. The number of halogens is 2. The average molecular weight is 300 g/mol. The van der Waals surface area contributed by atoms with E-state index in [1.807, 2.05) is 20.8 Å². The lowest BCUT2D eigenvalue weighted by Gasteiger charge is -2.18. The van der Waals surface area contributed by atoms with Crippen LogP contribution in [0.3, 0.4) is 0 Å². The van der Waals surface area contributed by atoms with Crippen molar-refractivity contribution >= 4 is 35.1 Å². The fourth-order valence-electron chi connectivity index (χ4n) is 1.52. The molecule has 0 atom stereocenters. The molecule has 0 aliphatic heterocycles. The Kier molecular flexibility index (Phi) is 3.60. The average Bonchev–Trinajstić information content (AvgIpc) is 2.61. The molecular weight excluding hydrogens is 285 g/mol. The molecule has 0 aliphatic rings. The summed E-state index contributed by atoms with van der Waals surface area (Å²) in [6.07, 6.45) is 0. The van der Waals surface area contributed by atoms with Gasteiger partial charge in [-0.25, -0.2) is 0 Å². The van der Waals surface area contributed by atoms with Crippen molar-refractivity contribution in [2.45, 2.75) is 26.3 Å². The molecule has 1 aromatic heterocycles. The first-order valence-corrected chi connectivity index (χ1v) is 6.48. The van der Waals surface area contributed by atoms with E-state index >= 15 is 0 Å². The number of hydrogen-bond donors (Lipinski definition) is 2. The number of rotatable bonds is 2. The van der Waals surface area contributed by atoms with Gasteiger partial charge in [0.15, 0.2) is 0 Å². The molecule has 0 spiro atoms. The number of nitrogen functional groups attached to an aromatic ring is 1. The zero-order chi connectivity index (χ0) is 14.2. The fraction of sp³-hybridized carbons (Fsp3) is 0.333. The third-order valence-electron chi connectivity index (χ3n) is 2.27. The van der Waals surface area contributed by atoms with Crippen molar-refractivity contribution in [3.05, 3.63) is 28.2 Å². The van der Waals surface area contributed by atoms with E-state index in [0.717, 1.165) is 0 Å². The van der Waals surface area contributed by atoms with Crippen molar-refractivity contribution in [1.29, 1.82) is 0 Å². The lowest BCUT2D eigenvalue weighted by atomic mass is 10.1. The molecule has 0 fully saturated rings. The summed E-state index contributed by atoms with van der Waals surface area (Å²) in [6, 6.07) is 5.16. The van der Waals surface area contributed by atoms with Gasteiger partial charge in [0, 0.05) is 5.54 Å². The molecule has 2 aromatic rings. The Bertz CT molecular complexity index is 601. The molecule has 3 N–H and O–H groups in total. The maximum Gasteiger partial charge on any atom is 0.244 e. The van der Waals surface area contributed by atoms with Crippen molar-refractivity contribution < 1.29 is 0 Å². The van der Waals surface area contributed by atoms with Crippen molar-refractivity contribution in [3.63, 3.8) is 0 Å². The summed E-state index contributed by atoms with van der Waals surface area (Å²) < 4.78 is 1.51. The summed E-state index contributed by atoms with van der Waals surface area (Å²) in [5, 5.41) is 8.39. The molecule has 0 saturated heterocycles. The predicted octanol–water partition coefficient (Wildman–Crippen LogP) is 3.37. The Hall–Kier alpha value is -1.46. The number of nitrogens with one attached hydrogen (secondary N) is 1. The second-order valence-electron chi connectivity index (χ2n) is 5.18. The Labute approximate surface area is 121 Å². The molecule has 0 amide bonds. The Morgan fingerprint density at radius 1 is 1.21 bits per heavy atom. The maximum atomic E-state index is 5.98. The second-order valence-corrected chi connectivity index (χ2v) is 5.99. The van der Waals surface area contributed by atoms with Gasteiger partial charge in [0.2, 0.25) is 11.9 Å². The largest absolute Gasteiger partial charge is 0.368 e. The molecule has 0 bridgehead atoms. The number of anilines is 2. The molecule has 102 valence electrons. The lowest BCUT2D eigenvalue weighted by Crippen LogP contribution is -2.26. The van der Waals surface area contributed by atoms with Crippen LogP contribution >= 0.6 is 23.2 Å². The molecule has 1 heterocycles. The van der Waals surface area contributed by atoms with Crippen LogP contribution in [0.4, 0.5) is 11.9 Å². The zero-order valence-electron chi connectivity index (χ0n) is 10.9. The number of benzene rings is 1. The summed E-state index contributed by atoms with van der Waals surface area (Å²) in [5.41, 5.74) is 6.42. The van der Waals surface area contributed by atoms with Crippen LogP contribution in [0.5, 0.6) is 0 Å². The van der Waals surface area contributed by atoms with Gasteiger partial charge in [0.25, 0.3) is 0 Å². The second kappa shape index (κ2) is 4.90. The minimum atomic E-state index is -0.143. The summed E-state index contributed by atoms with van der Waals surface area (Å²) in [7, 11) is 0. The van der Waals surface area contributed by atoms with E-state index in [4.69, 9.17) is 28.9 Å². The molecule has 5 nitrogen and oxygen atoms in total. The van der Waals surface area contributed by atoms with Crippen LogP contribution < -0.4 is 11.1 Å². The van der Waals surface area contributed by atoms with Crippen LogP contribution in [0.25, 0.3) is 5.69 Å². The summed E-state index contributed by atoms with van der Waals surface area (Å²) in [6.45, 7) is 6.05. The van der Waals surface area contributed by atoms with E-state index in [0.29, 0.717) is 21.7 Å². The quantitative estimate of drug-likeness (QED) is 0.892. The van der Waals surface area contributed by atoms with Gasteiger partial charge in [-0.15, -0.1) is 5.10 Å². The zero-order valence-corrected chi connectivity index (χ0v) is 12.4. The molecule has 0 saturated carbocycles. The van der Waals surface area contributed by atoms with Crippen molar-refractivity contribution in [3.8, 4) is 5.69 Å². The van der Waals surface area contributed by atoms with Gasteiger partial charge in [-0.3, -0.25) is 0 Å². The molecule has 2 rings (SSSR count). The molecule has 19 heavy (non-hydrogen) atoms. The first kappa shape index (κ1) is 14.0. The van der Waals surface area contributed by atoms with Crippen LogP contribution in [0.2, 0.25) is 10.0 Å². The summed E-state index contributed by atoms with van der Waals surface area (Å²) in [5.74, 6) is 0.751. The normalized spacial score (nSPS) is 11.6. The van der Waals surface area contributed by atoms with E-state index in [1.165, 1.54) is 4.68 Å². The van der Waals surface area contributed by atoms with Crippen LogP contribution in [0, 0.1) is 0 Å². The monoisotopic (exact) mass is 299 g/mol. The van der Waals surface area contributed by atoms with Gasteiger partial charge < -0.3 is 11.1 Å². The molecule has 0 radical (unpaired) electrons. The van der Waals surface area contributed by atoms with Crippen LogP contribution in [-0.2, 0) is 0 Å². The fourth-order valence-corrected chi connectivity index (χ4v) is 1.81. The molecule has 1 aromatic carbocycles. The predicted molar refractivity (Wildman–Crippen MR) is 79.2 cm³/mol. The van der Waals surface area contributed by atoms with Crippen molar-refractivity contribution in [2.75, 3.05) is 11.1 Å². The first-order chi connectivity index (χ1) is 8.76. The van der Waals surface area contributed by atoms with Gasteiger partial charge >= 0.3 is 0 Å². The number of nitrogens with two attached hydrogens (primary N) is 1. The first-order valence-electron chi connectivity index (χ1n) is 5.72. The van der Waals surface area contributed by atoms with Gasteiger partial charge in [0.05, 0.1) is 15.7 Å². The topological polar surface area (TPSA) is 68.8 Å². The van der Waals surface area contributed by atoms with Crippen molar-refractivity contribution in [1.82, 2.24) is 14.8 Å². The summed E-state index contributed by atoms with van der Waals surface area (Å²) in [4.78, 5) is 4.17. The van der Waals surface area contributed by atoms with E-state index < -0.39 is 0 Å². The van der Waals surface area contributed by atoms with E-state index in [-0.39, 0.29) is 11.5 Å². The van der Waals surface area contributed by atoms with Gasteiger partial charge in [-0.2, -0.15) is 9.67 Å². The minimum Gasteiger partial charge on any atom is -0.368 e. The SMILES string of the molecule is CC(C)(C)Nc1nc(N)n(-c2ccc(Cl)c(Cl)c2)n1. The van der Waals surface area contributed by atoms with E-state index in [1.54, 1.807) is 18.2 Å². The van der Waals surface area contributed by atoms with Crippen molar-refractivity contribution in [2.24, 2.45) is 0 Å². The number of hydrogen-bond acceptors (Lipinski definition) is 4. The molecule has 0 unspecified atom stereocenters. The van der Waals surface area contributed by atoms with E-state index in [2.05, 4.69) is 15.4 Å². The molecular formula is C12H15Cl2N5.